The highest BCUT2D eigenvalue weighted by molar-refractivity contribution is 7.89. The number of halogens is 5. The summed E-state index contributed by atoms with van der Waals surface area (Å²) in [7, 11) is -3.58. The van der Waals surface area contributed by atoms with Crippen LogP contribution in [0.25, 0.3) is 0 Å². The fourth-order valence-electron chi connectivity index (χ4n) is 6.24. The number of amides is 1. The molecule has 1 amide bonds. The molecule has 6 atom stereocenters. The normalized spacial score (nSPS) is 25.2. The smallest absolute Gasteiger partial charge is 0.378 e. The van der Waals surface area contributed by atoms with Gasteiger partial charge in [-0.05, 0) is 74.3 Å². The summed E-state index contributed by atoms with van der Waals surface area (Å²) in [6.45, 7) is 0.318. The maximum atomic E-state index is 15.2. The van der Waals surface area contributed by atoms with Gasteiger partial charge in [0.1, 0.15) is 5.82 Å². The Labute approximate surface area is 272 Å². The van der Waals surface area contributed by atoms with Gasteiger partial charge in [-0.1, -0.05) is 35.7 Å². The van der Waals surface area contributed by atoms with Crippen molar-refractivity contribution >= 4 is 33.2 Å². The second kappa shape index (κ2) is 15.9. The topological polar surface area (TPSA) is 123 Å². The van der Waals surface area contributed by atoms with Crippen LogP contribution in [0.1, 0.15) is 55.6 Å². The summed E-state index contributed by atoms with van der Waals surface area (Å²) in [5.41, 5.74) is 7.52. The molecule has 2 heterocycles. The van der Waals surface area contributed by atoms with E-state index in [-0.39, 0.29) is 55.5 Å². The maximum Gasteiger partial charge on any atom is 0.391 e. The zero-order valence-electron chi connectivity index (χ0n) is 25.2. The lowest BCUT2D eigenvalue weighted by atomic mass is 9.75. The molecule has 2 aromatic carbocycles. The number of anilines is 1. The first kappa shape index (κ1) is 36.1. The highest BCUT2D eigenvalue weighted by Gasteiger charge is 2.40. The molecule has 2 fully saturated rings. The fraction of sp³-hybridized carbons (Fsp3) is 0.531. The minimum atomic E-state index is -4.41. The number of alkyl halides is 3. The van der Waals surface area contributed by atoms with Gasteiger partial charge in [0.2, 0.25) is 15.9 Å². The van der Waals surface area contributed by atoms with Crippen molar-refractivity contribution in [3.05, 3.63) is 64.4 Å². The van der Waals surface area contributed by atoms with E-state index in [4.69, 9.17) is 28.5 Å². The van der Waals surface area contributed by atoms with Gasteiger partial charge in [-0.15, -0.1) is 6.42 Å². The number of rotatable bonds is 9. The number of nitrogens with two attached hydrogens (primary N) is 1. The summed E-state index contributed by atoms with van der Waals surface area (Å²) < 4.78 is 87.9. The molecule has 0 radical (unpaired) electrons. The van der Waals surface area contributed by atoms with Crippen LogP contribution >= 0.6 is 11.6 Å². The quantitative estimate of drug-likeness (QED) is 0.220. The first-order valence-corrected chi connectivity index (χ1v) is 17.2. The van der Waals surface area contributed by atoms with Crippen molar-refractivity contribution in [2.24, 2.45) is 11.7 Å². The summed E-state index contributed by atoms with van der Waals surface area (Å²) in [4.78, 5) is 13.7. The van der Waals surface area contributed by atoms with Gasteiger partial charge in [0, 0.05) is 41.4 Å². The molecular formula is C32H39ClF4N4O4S. The standard InChI is InChI=1S/C32H39ClF4N4O4S/c1-2-23-5-4-16-46(43,44)41-24(19-39-23)12-13-26-27(34)6-3-7-28(26)40-31(42)30(38)29(20-8-10-22(33)11-9-20)21-14-15-45-25(17-21)18-32(35,36)37/h1,3,6-11,21,23-25,29-30,39,41H,4-5,12-19,38H2,(H,40,42)/t21?,23?,24?,25?,29-,30-/m0/s1. The Morgan fingerprint density at radius 2 is 1.93 bits per heavy atom. The summed E-state index contributed by atoms with van der Waals surface area (Å²) in [5, 5.41) is 6.34. The van der Waals surface area contributed by atoms with Gasteiger partial charge in [-0.25, -0.2) is 17.5 Å². The molecule has 0 spiro atoms. The summed E-state index contributed by atoms with van der Waals surface area (Å²) in [6, 6.07) is 8.73. The second-order valence-electron chi connectivity index (χ2n) is 11.9. The van der Waals surface area contributed by atoms with Crippen molar-refractivity contribution in [3.63, 3.8) is 0 Å². The van der Waals surface area contributed by atoms with Crippen LogP contribution in [0.4, 0.5) is 23.2 Å². The van der Waals surface area contributed by atoms with Crippen molar-refractivity contribution in [1.29, 1.82) is 0 Å². The molecule has 0 aromatic heterocycles. The van der Waals surface area contributed by atoms with Gasteiger partial charge in [0.15, 0.2) is 0 Å². The third-order valence-corrected chi connectivity index (χ3v) is 10.3. The minimum Gasteiger partial charge on any atom is -0.378 e. The third-order valence-electron chi connectivity index (χ3n) is 8.50. The van der Waals surface area contributed by atoms with Crippen molar-refractivity contribution in [2.75, 3.05) is 24.2 Å². The van der Waals surface area contributed by atoms with Gasteiger partial charge >= 0.3 is 6.18 Å². The van der Waals surface area contributed by atoms with Crippen LogP contribution in [0.5, 0.6) is 0 Å². The number of benzene rings is 2. The molecule has 46 heavy (non-hydrogen) atoms. The lowest BCUT2D eigenvalue weighted by Crippen LogP contribution is -2.46. The Kier molecular flexibility index (Phi) is 12.5. The van der Waals surface area contributed by atoms with Crippen LogP contribution in [-0.4, -0.2) is 63.6 Å². The summed E-state index contributed by atoms with van der Waals surface area (Å²) >= 11 is 6.08. The maximum absolute atomic E-state index is 15.2. The van der Waals surface area contributed by atoms with Crippen LogP contribution in [0.15, 0.2) is 42.5 Å². The summed E-state index contributed by atoms with van der Waals surface area (Å²) in [6.07, 6.45) is 0.581. The van der Waals surface area contributed by atoms with E-state index in [1.165, 1.54) is 18.2 Å². The Morgan fingerprint density at radius 1 is 1.20 bits per heavy atom. The molecule has 2 aliphatic heterocycles. The molecule has 4 unspecified atom stereocenters. The van der Waals surface area contributed by atoms with E-state index in [1.807, 2.05) is 0 Å². The molecule has 2 aliphatic rings. The highest BCUT2D eigenvalue weighted by Crippen LogP contribution is 2.39. The number of nitrogens with one attached hydrogen (secondary N) is 3. The molecule has 0 aliphatic carbocycles. The molecular weight excluding hydrogens is 648 g/mol. The van der Waals surface area contributed by atoms with Crippen LogP contribution in [-0.2, 0) is 26.0 Å². The zero-order chi connectivity index (χ0) is 33.5. The Bertz CT molecular complexity index is 1490. The molecule has 2 aromatic rings. The number of carbonyl (C=O) groups is 1. The number of carbonyl (C=O) groups excluding carboxylic acids is 1. The molecule has 2 saturated heterocycles. The summed E-state index contributed by atoms with van der Waals surface area (Å²) in [5.74, 6) is 0.195. The number of hydrogen-bond acceptors (Lipinski definition) is 6. The Morgan fingerprint density at radius 3 is 2.63 bits per heavy atom. The van der Waals surface area contributed by atoms with Crippen molar-refractivity contribution in [3.8, 4) is 12.3 Å². The number of terminal acetylenes is 1. The lowest BCUT2D eigenvalue weighted by molar-refractivity contribution is -0.169. The molecule has 252 valence electrons. The number of hydrogen-bond donors (Lipinski definition) is 4. The lowest BCUT2D eigenvalue weighted by Gasteiger charge is -2.37. The van der Waals surface area contributed by atoms with Crippen LogP contribution in [0.2, 0.25) is 5.02 Å². The van der Waals surface area contributed by atoms with Crippen molar-refractivity contribution in [2.45, 2.75) is 81.3 Å². The van der Waals surface area contributed by atoms with Crippen molar-refractivity contribution in [1.82, 2.24) is 10.0 Å². The first-order chi connectivity index (χ1) is 21.7. The second-order valence-corrected chi connectivity index (χ2v) is 14.2. The van der Waals surface area contributed by atoms with Gasteiger partial charge in [-0.3, -0.25) is 4.79 Å². The van der Waals surface area contributed by atoms with Gasteiger partial charge in [0.25, 0.3) is 0 Å². The molecule has 0 bridgehead atoms. The van der Waals surface area contributed by atoms with E-state index < -0.39 is 64.4 Å². The highest BCUT2D eigenvalue weighted by atomic mass is 35.5. The molecule has 0 saturated carbocycles. The van der Waals surface area contributed by atoms with Crippen molar-refractivity contribution < 1.29 is 35.5 Å². The molecule has 4 rings (SSSR count). The SMILES string of the molecule is C#CC1CCCS(=O)(=O)NC(CCc2c(F)cccc2NC(=O)[C@@H](N)[C@@H](c2ccc(Cl)cc2)C2CCOC(CC(F)(F)F)C2)CN1. The molecule has 8 nitrogen and oxygen atoms in total. The van der Waals surface area contributed by atoms with E-state index in [9.17, 15) is 26.4 Å². The number of sulfonamides is 1. The van der Waals surface area contributed by atoms with Crippen LogP contribution < -0.4 is 21.1 Å². The van der Waals surface area contributed by atoms with Crippen LogP contribution in [0.3, 0.4) is 0 Å². The van der Waals surface area contributed by atoms with E-state index >= 15 is 4.39 Å². The predicted molar refractivity (Wildman–Crippen MR) is 169 cm³/mol. The number of ether oxygens (including phenoxy) is 1. The molecule has 14 heteroatoms. The van der Waals surface area contributed by atoms with E-state index in [2.05, 4.69) is 21.3 Å². The first-order valence-electron chi connectivity index (χ1n) is 15.2. The fourth-order valence-corrected chi connectivity index (χ4v) is 7.74. The van der Waals surface area contributed by atoms with E-state index in [1.54, 1.807) is 24.3 Å². The predicted octanol–water partition coefficient (Wildman–Crippen LogP) is 4.88. The van der Waals surface area contributed by atoms with E-state index in [0.29, 0.717) is 29.8 Å². The Hall–Kier alpha value is -2.73. The van der Waals surface area contributed by atoms with Crippen LogP contribution in [0, 0.1) is 24.1 Å². The monoisotopic (exact) mass is 686 g/mol. The van der Waals surface area contributed by atoms with Gasteiger partial charge < -0.3 is 21.1 Å². The average Bonchev–Trinajstić information content (AvgIpc) is 3.05. The minimum absolute atomic E-state index is 0.0465. The van der Waals surface area contributed by atoms with Gasteiger partial charge in [-0.2, -0.15) is 13.2 Å². The molecule has 5 N–H and O–H groups in total. The zero-order valence-corrected chi connectivity index (χ0v) is 26.7. The van der Waals surface area contributed by atoms with E-state index in [0.717, 1.165) is 0 Å². The average molecular weight is 687 g/mol. The Balaban J connectivity index is 1.53. The van der Waals surface area contributed by atoms with Gasteiger partial charge in [0.05, 0.1) is 30.4 Å². The largest absolute Gasteiger partial charge is 0.391 e. The third kappa shape index (κ3) is 10.4.